The van der Waals surface area contributed by atoms with Gasteiger partial charge in [-0.3, -0.25) is 0 Å². The standard InChI is InChI=1S/C29H25F5NP/c1-14-8-9-22(35-29-15(2)11-20(36)12-16(29)3)21(10-14)23(18-6-5-7-19(30)13-18)24-27(33)25(31)17(4)26(32)28(24)34/h5,7-13,35H,6,36H2,1-4H3/b23-18-. The maximum absolute atomic E-state index is 15.4. The number of benzene rings is 3. The van der Waals surface area contributed by atoms with Gasteiger partial charge in [0, 0.05) is 28.1 Å². The number of hydrogen-bond acceptors (Lipinski definition) is 1. The van der Waals surface area contributed by atoms with E-state index in [1.165, 1.54) is 12.2 Å². The lowest BCUT2D eigenvalue weighted by molar-refractivity contribution is 0.441. The molecule has 1 nitrogen and oxygen atoms in total. The van der Waals surface area contributed by atoms with Crippen molar-refractivity contribution in [2.24, 2.45) is 0 Å². The van der Waals surface area contributed by atoms with E-state index in [-0.39, 0.29) is 17.6 Å². The molecule has 186 valence electrons. The highest BCUT2D eigenvalue weighted by atomic mass is 31.0. The SMILES string of the molecule is Cc1ccc(Nc2c(C)cc(P)cc2C)c(/C(=C2/C=C(F)C=CC2)c2c(F)c(F)c(C)c(F)c2F)c1. The van der Waals surface area contributed by atoms with E-state index in [0.29, 0.717) is 11.3 Å². The Kier molecular flexibility index (Phi) is 7.19. The summed E-state index contributed by atoms with van der Waals surface area (Å²) < 4.78 is 74.4. The molecule has 1 unspecified atom stereocenters. The average Bonchev–Trinajstić information content (AvgIpc) is 2.82. The Morgan fingerprint density at radius 1 is 0.833 bits per heavy atom. The molecule has 3 aromatic rings. The zero-order chi connectivity index (χ0) is 26.3. The lowest BCUT2D eigenvalue weighted by Gasteiger charge is -2.22. The maximum Gasteiger partial charge on any atom is 0.170 e. The van der Waals surface area contributed by atoms with Gasteiger partial charge in [-0.25, -0.2) is 22.0 Å². The van der Waals surface area contributed by atoms with Crippen LogP contribution in [-0.4, -0.2) is 0 Å². The predicted octanol–water partition coefficient (Wildman–Crippen LogP) is 8.34. The summed E-state index contributed by atoms with van der Waals surface area (Å²) in [6, 6.07) is 9.12. The van der Waals surface area contributed by atoms with Crippen LogP contribution in [-0.2, 0) is 0 Å². The molecule has 0 fully saturated rings. The molecule has 0 spiro atoms. The monoisotopic (exact) mass is 513 g/mol. The molecule has 1 aliphatic rings. The van der Waals surface area contributed by atoms with Gasteiger partial charge >= 0.3 is 0 Å². The lowest BCUT2D eigenvalue weighted by Crippen LogP contribution is -2.10. The van der Waals surface area contributed by atoms with E-state index in [4.69, 9.17) is 0 Å². The Labute approximate surface area is 209 Å². The molecule has 3 aromatic carbocycles. The van der Waals surface area contributed by atoms with E-state index in [0.717, 1.165) is 40.7 Å². The minimum Gasteiger partial charge on any atom is -0.355 e. The summed E-state index contributed by atoms with van der Waals surface area (Å²) in [6.07, 6.45) is 3.98. The second kappa shape index (κ2) is 10.0. The van der Waals surface area contributed by atoms with E-state index in [9.17, 15) is 13.2 Å². The van der Waals surface area contributed by atoms with E-state index in [1.54, 1.807) is 19.1 Å². The van der Waals surface area contributed by atoms with Crippen molar-refractivity contribution in [3.8, 4) is 0 Å². The number of nitrogens with one attached hydrogen (secondary N) is 1. The lowest BCUT2D eigenvalue weighted by atomic mass is 9.86. The third kappa shape index (κ3) is 4.75. The second-order valence-corrected chi connectivity index (χ2v) is 9.66. The number of anilines is 2. The number of aryl methyl sites for hydroxylation is 3. The summed E-state index contributed by atoms with van der Waals surface area (Å²) in [5.41, 5.74) is 2.57. The highest BCUT2D eigenvalue weighted by molar-refractivity contribution is 7.27. The highest BCUT2D eigenvalue weighted by Gasteiger charge is 2.29. The van der Waals surface area contributed by atoms with Crippen molar-refractivity contribution >= 4 is 31.5 Å². The maximum atomic E-state index is 15.4. The van der Waals surface area contributed by atoms with Gasteiger partial charge in [0.15, 0.2) is 23.3 Å². The van der Waals surface area contributed by atoms with Crippen molar-refractivity contribution in [1.82, 2.24) is 0 Å². The Balaban J connectivity index is 2.06. The molecule has 7 heteroatoms. The predicted molar refractivity (Wildman–Crippen MR) is 140 cm³/mol. The Morgan fingerprint density at radius 3 is 2.03 bits per heavy atom. The number of halogens is 5. The van der Waals surface area contributed by atoms with Crippen molar-refractivity contribution < 1.29 is 22.0 Å². The second-order valence-electron chi connectivity index (χ2n) is 9.00. The fourth-order valence-electron chi connectivity index (χ4n) is 4.48. The first-order chi connectivity index (χ1) is 17.0. The van der Waals surface area contributed by atoms with Gasteiger partial charge < -0.3 is 5.32 Å². The molecule has 0 aliphatic heterocycles. The van der Waals surface area contributed by atoms with Crippen molar-refractivity contribution in [3.05, 3.63) is 117 Å². The van der Waals surface area contributed by atoms with E-state index < -0.39 is 40.2 Å². The van der Waals surface area contributed by atoms with Gasteiger partial charge in [-0.2, -0.15) is 0 Å². The van der Waals surface area contributed by atoms with E-state index >= 15 is 8.78 Å². The van der Waals surface area contributed by atoms with Crippen LogP contribution in [0.3, 0.4) is 0 Å². The summed E-state index contributed by atoms with van der Waals surface area (Å²) >= 11 is 0. The average molecular weight is 513 g/mol. The summed E-state index contributed by atoms with van der Waals surface area (Å²) in [5.74, 6) is -6.65. The molecule has 0 saturated heterocycles. The number of hydrogen-bond donors (Lipinski definition) is 1. The first-order valence-corrected chi connectivity index (χ1v) is 11.9. The van der Waals surface area contributed by atoms with Gasteiger partial charge in [-0.1, -0.05) is 29.8 Å². The van der Waals surface area contributed by atoms with Gasteiger partial charge in [-0.05, 0) is 80.4 Å². The fourth-order valence-corrected chi connectivity index (χ4v) is 4.98. The van der Waals surface area contributed by atoms with Crippen LogP contribution in [0.5, 0.6) is 0 Å². The normalized spacial score (nSPS) is 14.7. The summed E-state index contributed by atoms with van der Waals surface area (Å²) in [7, 11) is 2.64. The number of rotatable bonds is 4. The van der Waals surface area contributed by atoms with Crippen LogP contribution >= 0.6 is 9.24 Å². The first-order valence-electron chi connectivity index (χ1n) is 11.3. The first kappa shape index (κ1) is 25.8. The van der Waals surface area contributed by atoms with Crippen LogP contribution in [0.4, 0.5) is 33.3 Å². The molecule has 0 bridgehead atoms. The van der Waals surface area contributed by atoms with Crippen LogP contribution in [0.1, 0.15) is 39.8 Å². The largest absolute Gasteiger partial charge is 0.355 e. The van der Waals surface area contributed by atoms with Crippen LogP contribution in [0.2, 0.25) is 0 Å². The molecule has 0 aromatic heterocycles. The Bertz CT molecular complexity index is 1430. The smallest absolute Gasteiger partial charge is 0.170 e. The molecule has 1 aliphatic carbocycles. The van der Waals surface area contributed by atoms with Gasteiger partial charge in [0.05, 0.1) is 5.56 Å². The molecule has 0 amide bonds. The van der Waals surface area contributed by atoms with Gasteiger partial charge in [0.1, 0.15) is 5.83 Å². The number of allylic oxidation sites excluding steroid dienone is 5. The molecule has 36 heavy (non-hydrogen) atoms. The molecule has 1 atom stereocenters. The summed E-state index contributed by atoms with van der Waals surface area (Å²) in [5, 5.41) is 4.33. The quantitative estimate of drug-likeness (QED) is 0.210. The van der Waals surface area contributed by atoms with Crippen LogP contribution in [0.15, 0.2) is 60.0 Å². The molecule has 0 saturated carbocycles. The molecular formula is C29H25F5NP. The third-order valence-electron chi connectivity index (χ3n) is 6.24. The molecule has 1 N–H and O–H groups in total. The van der Waals surface area contributed by atoms with Crippen molar-refractivity contribution in [3.63, 3.8) is 0 Å². The third-order valence-corrected chi connectivity index (χ3v) is 6.57. The van der Waals surface area contributed by atoms with Crippen molar-refractivity contribution in [2.45, 2.75) is 34.1 Å². The van der Waals surface area contributed by atoms with Gasteiger partial charge in [-0.15, -0.1) is 9.24 Å². The van der Waals surface area contributed by atoms with Crippen molar-refractivity contribution in [2.75, 3.05) is 5.32 Å². The van der Waals surface area contributed by atoms with E-state index in [1.807, 2.05) is 32.0 Å². The van der Waals surface area contributed by atoms with Gasteiger partial charge in [0.25, 0.3) is 0 Å². The van der Waals surface area contributed by atoms with E-state index in [2.05, 4.69) is 14.6 Å². The minimum absolute atomic E-state index is 0.117. The molecule has 4 rings (SSSR count). The zero-order valence-electron chi connectivity index (χ0n) is 20.3. The van der Waals surface area contributed by atoms with Crippen LogP contribution < -0.4 is 10.6 Å². The molecular weight excluding hydrogens is 488 g/mol. The van der Waals surface area contributed by atoms with Crippen molar-refractivity contribution in [1.29, 1.82) is 0 Å². The minimum atomic E-state index is -1.52. The molecule has 0 heterocycles. The Morgan fingerprint density at radius 2 is 1.44 bits per heavy atom. The topological polar surface area (TPSA) is 12.0 Å². The van der Waals surface area contributed by atoms with Crippen LogP contribution in [0.25, 0.3) is 5.57 Å². The van der Waals surface area contributed by atoms with Gasteiger partial charge in [0.2, 0.25) is 0 Å². The zero-order valence-corrected chi connectivity index (χ0v) is 21.4. The molecule has 0 radical (unpaired) electrons. The fraction of sp³-hybridized carbons (Fsp3) is 0.172. The van der Waals surface area contributed by atoms with Crippen LogP contribution in [0, 0.1) is 51.0 Å². The Hall–Kier alpha value is -3.24. The summed E-state index contributed by atoms with van der Waals surface area (Å²) in [6.45, 7) is 6.60. The summed E-state index contributed by atoms with van der Waals surface area (Å²) in [4.78, 5) is 0. The highest BCUT2D eigenvalue weighted by Crippen LogP contribution is 2.41.